The van der Waals surface area contributed by atoms with Gasteiger partial charge in [-0.25, -0.2) is 0 Å². The van der Waals surface area contributed by atoms with E-state index >= 15 is 0 Å². The summed E-state index contributed by atoms with van der Waals surface area (Å²) < 4.78 is 98.0. The summed E-state index contributed by atoms with van der Waals surface area (Å²) in [4.78, 5) is 0. The van der Waals surface area contributed by atoms with E-state index in [1.165, 1.54) is 0 Å². The van der Waals surface area contributed by atoms with Crippen molar-refractivity contribution in [3.8, 4) is 0 Å². The molecule has 0 fully saturated rings. The topological polar surface area (TPSA) is 229 Å². The molecule has 0 rings (SSSR count). The van der Waals surface area contributed by atoms with Crippen LogP contribution >= 0.6 is 0 Å². The Morgan fingerprint density at radius 2 is 1.00 bits per heavy atom. The Morgan fingerprint density at radius 3 is 1.00 bits per heavy atom. The van der Waals surface area contributed by atoms with E-state index in [1.54, 1.807) is 0 Å². The van der Waals surface area contributed by atoms with Gasteiger partial charge in [0.2, 0.25) is 0 Å². The second-order valence-electron chi connectivity index (χ2n) is 1.30. The Labute approximate surface area is 115 Å². The van der Waals surface area contributed by atoms with Crippen molar-refractivity contribution in [2.24, 2.45) is 0 Å². The molecule has 0 heterocycles. The monoisotopic (exact) mass is 586 g/mol. The quantitative estimate of drug-likeness (QED) is 0.155. The van der Waals surface area contributed by atoms with Gasteiger partial charge in [0.05, 0.1) is 0 Å². The summed E-state index contributed by atoms with van der Waals surface area (Å²) in [5, 5.41) is 0. The molecule has 0 bridgehead atoms. The van der Waals surface area contributed by atoms with E-state index in [9.17, 15) is 0 Å². The summed E-state index contributed by atoms with van der Waals surface area (Å²) >= 11 is -11.3. The zero-order chi connectivity index (χ0) is 13.5. The third kappa shape index (κ3) is 2680. The van der Waals surface area contributed by atoms with E-state index in [1.807, 2.05) is 0 Å². The van der Waals surface area contributed by atoms with Crippen LogP contribution < -0.4 is 8.32 Å². The minimum atomic E-state index is -5.75. The van der Waals surface area contributed by atoms with Crippen LogP contribution in [0.15, 0.2) is 0 Å². The molecule has 0 aliphatic heterocycles. The molecule has 0 aromatic carbocycles. The fraction of sp³-hybridized carbons (Fsp3) is 0. The molecule has 0 aliphatic rings. The van der Waals surface area contributed by atoms with Crippen LogP contribution in [0.4, 0.5) is 0 Å². The first-order valence-electron chi connectivity index (χ1n) is 2.06. The third-order valence-electron chi connectivity index (χ3n) is 0. The maximum Gasteiger partial charge on any atom is 2.00 e. The van der Waals surface area contributed by atoms with Crippen molar-refractivity contribution in [3.63, 3.8) is 0 Å². The number of rotatable bonds is 0. The first-order chi connectivity index (χ1) is 6.00. The van der Waals surface area contributed by atoms with Crippen LogP contribution in [0.2, 0.25) is 0 Å². The van der Waals surface area contributed by atoms with Gasteiger partial charge in [-0.3, -0.25) is 9.11 Å². The molecule has 0 saturated heterocycles. The van der Waals surface area contributed by atoms with Crippen LogP contribution in [0, 0.1) is 0 Å². The van der Waals surface area contributed by atoms with Gasteiger partial charge in [0.15, 0.2) is 0 Å². The van der Waals surface area contributed by atoms with E-state index in [0.29, 0.717) is 0 Å². The summed E-state index contributed by atoms with van der Waals surface area (Å²) in [5.74, 6) is 0. The average Bonchev–Trinajstić information content (AvgIpc) is 1.41. The largest absolute Gasteiger partial charge is 2.00 e. The fourth-order valence-corrected chi connectivity index (χ4v) is 0. The minimum absolute atomic E-state index is 0. The Morgan fingerprint density at radius 1 is 1.00 bits per heavy atom. The van der Waals surface area contributed by atoms with Crippen molar-refractivity contribution in [3.05, 3.63) is 0 Å². The summed E-state index contributed by atoms with van der Waals surface area (Å²) in [6.45, 7) is 0. The summed E-state index contributed by atoms with van der Waals surface area (Å²) in [5.41, 5.74) is 0. The zero-order valence-corrected chi connectivity index (χ0v) is 14.8. The Balaban J connectivity index is -0.0000000655. The minimum Gasteiger partial charge on any atom is 2.00 e. The molecule has 16 heavy (non-hydrogen) atoms. The molecule has 98 valence electrons. The van der Waals surface area contributed by atoms with E-state index in [-0.39, 0.29) is 27.3 Å². The van der Waals surface area contributed by atoms with Gasteiger partial charge in [0.1, 0.15) is 0 Å². The molecule has 0 aliphatic carbocycles. The zero-order valence-electron chi connectivity index (χ0n) is 6.78. The van der Waals surface area contributed by atoms with Crippen molar-refractivity contribution >= 4 is 37.7 Å². The molecule has 0 aromatic rings. The Bertz CT molecular complexity index is 342. The molecule has 2 radical (unpaired) electrons. The predicted octanol–water partition coefficient (Wildman–Crippen LogP) is -5.01. The van der Waals surface area contributed by atoms with E-state index in [0.717, 1.165) is 0 Å². The molecule has 4 N–H and O–H groups in total. The van der Waals surface area contributed by atoms with E-state index in [2.05, 4.69) is 0 Å². The normalized spacial score (nSPS) is 10.9. The predicted molar refractivity (Wildman–Crippen MR) is 27.1 cm³/mol. The Hall–Kier alpha value is 1.05. The fourth-order valence-electron chi connectivity index (χ4n) is 0. The number of hydrogen-bond acceptors (Lipinski definition) is 8. The van der Waals surface area contributed by atoms with E-state index < -0.39 is 40.8 Å². The van der Waals surface area contributed by atoms with Gasteiger partial charge in [-0.05, 0) is 0 Å². The molecule has 0 atom stereocenters. The van der Waals surface area contributed by atoms with Crippen molar-refractivity contribution in [2.75, 3.05) is 0 Å². The van der Waals surface area contributed by atoms with Crippen LogP contribution in [0.1, 0.15) is 0 Å². The second kappa shape index (κ2) is 10.0. The summed E-state index contributed by atoms with van der Waals surface area (Å²) in [6.07, 6.45) is 0. The third-order valence-corrected chi connectivity index (χ3v) is 0. The van der Waals surface area contributed by atoms with Gasteiger partial charge >= 0.3 is 98.3 Å². The van der Waals surface area contributed by atoms with Crippen LogP contribution in [0.5, 0.6) is 0 Å². The standard InChI is InChI=1S/Cr.Mo.H2O4S.2H2O.6O.Pb/c;;1-5(2,3)4;;;;;;;;;/h;;(H2,1,2,3,4);2*1H2;;;;;;;/q;+2;;;;;;;;2*-1;+2/p-2. The molecule has 0 spiro atoms. The maximum absolute atomic E-state index is 8.85. The average molecular weight is 583 g/mol. The van der Waals surface area contributed by atoms with Crippen LogP contribution in [-0.4, -0.2) is 52.3 Å². The maximum atomic E-state index is 8.85. The second-order valence-corrected chi connectivity index (χ2v) is 5.68. The van der Waals surface area contributed by atoms with Crippen molar-refractivity contribution < 1.29 is 78.1 Å². The molecule has 0 amide bonds. The van der Waals surface area contributed by atoms with E-state index in [4.69, 9.17) is 47.8 Å². The van der Waals surface area contributed by atoms with Gasteiger partial charge in [-0.1, -0.05) is 0 Å². The van der Waals surface area contributed by atoms with Gasteiger partial charge in [0.25, 0.3) is 0 Å². The molecule has 16 heteroatoms. The first kappa shape index (κ1) is 25.8. The number of hydrogen-bond donors (Lipinski definition) is 4. The van der Waals surface area contributed by atoms with Gasteiger partial charge < -0.3 is 0 Å². The van der Waals surface area contributed by atoms with Crippen LogP contribution in [-0.2, 0) is 55.2 Å². The van der Waals surface area contributed by atoms with Gasteiger partial charge in [0, 0.05) is 0 Å². The molecule has 0 aromatic heterocycles. The molecule has 0 saturated carbocycles. The van der Waals surface area contributed by atoms with Gasteiger partial charge in [-0.15, -0.1) is 0 Å². The van der Waals surface area contributed by atoms with Gasteiger partial charge in [-0.2, -0.15) is 8.42 Å². The Kier molecular flexibility index (Phi) is 16.2. The first-order valence-corrected chi connectivity index (χ1v) is 8.98. The SMILES string of the molecule is O=S(=O)(O)O.[O]=[Cr](=[O])([O-])[O-].[O]=[Mo](=[O])([OH])[OH].[Pb+2]. The van der Waals surface area contributed by atoms with Crippen molar-refractivity contribution in [1.29, 1.82) is 0 Å². The summed E-state index contributed by atoms with van der Waals surface area (Å²) in [7, 11) is -4.67. The van der Waals surface area contributed by atoms with Crippen molar-refractivity contribution in [1.82, 2.24) is 0 Å². The molecule has 0 unspecified atom stereocenters. The molecular formula is H4CrMoO12PbS. The smallest absolute Gasteiger partial charge is 2.00 e. The van der Waals surface area contributed by atoms with Crippen LogP contribution in [0.25, 0.3) is 0 Å². The molecule has 12 nitrogen and oxygen atoms in total. The molecular weight excluding hydrogens is 579 g/mol. The van der Waals surface area contributed by atoms with Crippen molar-refractivity contribution in [2.45, 2.75) is 0 Å². The summed E-state index contributed by atoms with van der Waals surface area (Å²) in [6, 6.07) is 0. The van der Waals surface area contributed by atoms with Crippen LogP contribution in [0.3, 0.4) is 0 Å².